The van der Waals surface area contributed by atoms with Gasteiger partial charge in [0.05, 0.1) is 18.1 Å². The summed E-state index contributed by atoms with van der Waals surface area (Å²) in [5.74, 6) is 3.84. The van der Waals surface area contributed by atoms with E-state index in [2.05, 4.69) is 191 Å². The highest BCUT2D eigenvalue weighted by molar-refractivity contribution is 5.76. The first kappa shape index (κ1) is 59.1. The summed E-state index contributed by atoms with van der Waals surface area (Å²) < 4.78 is 12.1. The fourth-order valence-corrected chi connectivity index (χ4v) is 13.6. The van der Waals surface area contributed by atoms with Gasteiger partial charge in [-0.15, -0.1) is 0 Å². The molecule has 7 aliphatic heterocycles. The summed E-state index contributed by atoms with van der Waals surface area (Å²) in [6, 6.07) is 0. The van der Waals surface area contributed by atoms with Gasteiger partial charge in [0, 0.05) is 92.8 Å². The maximum atomic E-state index is 12.1. The number of carbonyl (C=O) groups excluding carboxylic acids is 1. The molecule has 1 aliphatic carbocycles. The van der Waals surface area contributed by atoms with Crippen molar-refractivity contribution in [3.63, 3.8) is 0 Å². The molecule has 0 aromatic carbocycles. The van der Waals surface area contributed by atoms with Crippen LogP contribution in [-0.4, -0.2) is 141 Å². The van der Waals surface area contributed by atoms with Crippen molar-refractivity contribution in [3.8, 4) is 0 Å². The maximum absolute atomic E-state index is 12.1. The van der Waals surface area contributed by atoms with Gasteiger partial charge in [0.2, 0.25) is 0 Å². The number of ether oxygens (including phenoxy) is 2. The van der Waals surface area contributed by atoms with Crippen LogP contribution in [0.1, 0.15) is 224 Å². The average molecular weight is 969 g/mol. The summed E-state index contributed by atoms with van der Waals surface area (Å²) in [5.41, 5.74) is 3.24. The Morgan fingerprint density at radius 2 is 0.783 bits per heavy atom. The average Bonchev–Trinajstić information content (AvgIpc) is 3.64. The molecule has 8 aliphatic rings. The normalized spacial score (nSPS) is 30.6. The topological polar surface area (TPSA) is 51.7 Å². The highest BCUT2D eigenvalue weighted by atomic mass is 16.6. The molecule has 8 nitrogen and oxygen atoms in total. The summed E-state index contributed by atoms with van der Waals surface area (Å²) in [5, 5.41) is 0. The second kappa shape index (κ2) is 20.4. The predicted octanol–water partition coefficient (Wildman–Crippen LogP) is 13.3. The van der Waals surface area contributed by atoms with Gasteiger partial charge in [-0.2, -0.15) is 0 Å². The molecule has 0 aromatic heterocycles. The van der Waals surface area contributed by atoms with Gasteiger partial charge < -0.3 is 9.47 Å². The molecular weight excluding hydrogens is 851 g/mol. The minimum atomic E-state index is -0.170. The van der Waals surface area contributed by atoms with Crippen LogP contribution >= 0.6 is 0 Å². The molecule has 3 spiro atoms. The fourth-order valence-electron chi connectivity index (χ4n) is 13.6. The predicted molar refractivity (Wildman–Crippen MR) is 294 cm³/mol. The molecular formula is C61H117N5O3. The lowest BCUT2D eigenvalue weighted by molar-refractivity contribution is -0.156. The lowest BCUT2D eigenvalue weighted by Gasteiger charge is -2.45. The molecule has 0 amide bonds. The highest BCUT2D eigenvalue weighted by Crippen LogP contribution is 2.60. The van der Waals surface area contributed by atoms with Crippen LogP contribution in [0.25, 0.3) is 0 Å². The van der Waals surface area contributed by atoms with Crippen molar-refractivity contribution in [3.05, 3.63) is 0 Å². The number of piperidine rings is 4. The van der Waals surface area contributed by atoms with E-state index in [-0.39, 0.29) is 34.0 Å². The zero-order valence-electron chi connectivity index (χ0n) is 50.5. The fraction of sp³-hybridized carbons (Fsp3) is 0.984. The van der Waals surface area contributed by atoms with Crippen LogP contribution in [0.5, 0.6) is 0 Å². The first-order valence-corrected chi connectivity index (χ1v) is 28.6. The molecule has 7 heterocycles. The van der Waals surface area contributed by atoms with Crippen LogP contribution in [0.4, 0.5) is 0 Å². The largest absolute Gasteiger partial charge is 0.459 e. The first-order chi connectivity index (χ1) is 31.0. The van der Waals surface area contributed by atoms with Crippen LogP contribution in [0.2, 0.25) is 0 Å². The van der Waals surface area contributed by atoms with E-state index in [1.165, 1.54) is 90.9 Å². The molecule has 8 heteroatoms. The van der Waals surface area contributed by atoms with Crippen molar-refractivity contribution in [1.82, 2.24) is 24.5 Å². The third-order valence-electron chi connectivity index (χ3n) is 19.2. The summed E-state index contributed by atoms with van der Waals surface area (Å²) in [7, 11) is 0. The smallest absolute Gasteiger partial charge is 0.310 e. The Balaban J connectivity index is 0.000000173. The third kappa shape index (κ3) is 15.2. The van der Waals surface area contributed by atoms with E-state index >= 15 is 0 Å². The number of likely N-dealkylation sites (tertiary alicyclic amines) is 5. The Morgan fingerprint density at radius 3 is 1.09 bits per heavy atom. The SMILES string of the molecule is CC(C)(C)C1C2CN(C(C)(C)C)CC21.CC(C)(C)C1CC2(CCN(C(C)(C)C)CC2)OC1=O.CC(C)(C)C1COC2(CCN(C(C)(C)C)CC2)C1.CC(C)(C)N1CCC2(CC1)CCN(C(C)(C)C)C2. The van der Waals surface area contributed by atoms with Gasteiger partial charge in [-0.3, -0.25) is 29.3 Å². The summed E-state index contributed by atoms with van der Waals surface area (Å²) in [4.78, 5) is 25.3. The van der Waals surface area contributed by atoms with Crippen molar-refractivity contribution in [1.29, 1.82) is 0 Å². The highest BCUT2D eigenvalue weighted by Gasteiger charge is 2.61. The standard InChI is InChI=1S/C16H32N2.C16H29NO2.C16H31NO.C13H25N/c1-14(2,3)17-10-7-16(8-11-17)9-12-18(13-16)15(4,5)6;1-14(2,3)12-11-16(19-13(12)18)7-9-17(10-8-16)15(4,5)6;1-14(2,3)13-11-16(18-12-13)7-9-17(10-8-16)15(4,5)6;1-12(2,3)11-9-7-14(8-10(9)11)13(4,5)6/h7-13H2,1-6H3;12H,7-11H2,1-6H3;13H,7-12H2,1-6H3;9-11H,7-8H2,1-6H3. The molecule has 1 saturated carbocycles. The van der Waals surface area contributed by atoms with E-state index in [0.717, 1.165) is 62.6 Å². The minimum absolute atomic E-state index is 0.0156. The van der Waals surface area contributed by atoms with Crippen LogP contribution in [0.3, 0.4) is 0 Å². The van der Waals surface area contributed by atoms with Gasteiger partial charge >= 0.3 is 5.97 Å². The molecule has 4 atom stereocenters. The van der Waals surface area contributed by atoms with E-state index < -0.39 is 0 Å². The van der Waals surface area contributed by atoms with Gasteiger partial charge in [-0.25, -0.2) is 0 Å². The zero-order chi connectivity index (χ0) is 52.4. The van der Waals surface area contributed by atoms with Crippen LogP contribution < -0.4 is 0 Å². The number of rotatable bonds is 0. The van der Waals surface area contributed by atoms with E-state index in [4.69, 9.17) is 9.47 Å². The molecule has 404 valence electrons. The second-order valence-corrected chi connectivity index (χ2v) is 32.6. The van der Waals surface area contributed by atoms with E-state index in [9.17, 15) is 4.79 Å². The summed E-state index contributed by atoms with van der Waals surface area (Å²) in [6.07, 6.45) is 10.8. The van der Waals surface area contributed by atoms with Crippen LogP contribution in [0, 0.1) is 51.2 Å². The van der Waals surface area contributed by atoms with Gasteiger partial charge in [-0.05, 0) is 207 Å². The summed E-state index contributed by atoms with van der Waals surface area (Å²) >= 11 is 0. The lowest BCUT2D eigenvalue weighted by atomic mass is 9.74. The van der Waals surface area contributed by atoms with E-state index in [0.29, 0.717) is 38.4 Å². The van der Waals surface area contributed by atoms with Gasteiger partial charge in [0.15, 0.2) is 0 Å². The Morgan fingerprint density at radius 1 is 0.420 bits per heavy atom. The van der Waals surface area contributed by atoms with Gasteiger partial charge in [-0.1, -0.05) is 62.3 Å². The first-order valence-electron chi connectivity index (χ1n) is 28.6. The molecule has 0 bridgehead atoms. The van der Waals surface area contributed by atoms with Gasteiger partial charge in [0.25, 0.3) is 0 Å². The van der Waals surface area contributed by atoms with Crippen molar-refractivity contribution in [2.75, 3.05) is 72.1 Å². The van der Waals surface area contributed by atoms with Crippen molar-refractivity contribution < 1.29 is 14.3 Å². The number of carbonyl (C=O) groups is 1. The molecule has 0 radical (unpaired) electrons. The molecule has 69 heavy (non-hydrogen) atoms. The van der Waals surface area contributed by atoms with Crippen LogP contribution in [-0.2, 0) is 14.3 Å². The monoisotopic (exact) mass is 968 g/mol. The maximum Gasteiger partial charge on any atom is 0.310 e. The van der Waals surface area contributed by atoms with E-state index in [1.807, 2.05) is 0 Å². The Labute approximate surface area is 429 Å². The molecule has 8 fully saturated rings. The third-order valence-corrected chi connectivity index (χ3v) is 19.2. The van der Waals surface area contributed by atoms with Gasteiger partial charge in [0.1, 0.15) is 5.60 Å². The Kier molecular flexibility index (Phi) is 17.5. The zero-order valence-corrected chi connectivity index (χ0v) is 50.5. The molecule has 0 aromatic rings. The van der Waals surface area contributed by atoms with Crippen molar-refractivity contribution in [2.45, 2.75) is 263 Å². The number of esters is 1. The number of fused-ring (bicyclic) bond motifs is 1. The number of nitrogens with zero attached hydrogens (tertiary/aromatic N) is 5. The second-order valence-electron chi connectivity index (χ2n) is 32.6. The lowest BCUT2D eigenvalue weighted by Crippen LogP contribution is -2.51. The Bertz CT molecular complexity index is 1570. The van der Waals surface area contributed by atoms with Crippen LogP contribution in [0.15, 0.2) is 0 Å². The Hall–Kier alpha value is -0.770. The molecule has 7 saturated heterocycles. The molecule has 8 rings (SSSR count). The van der Waals surface area contributed by atoms with Crippen molar-refractivity contribution in [2.24, 2.45) is 51.2 Å². The summed E-state index contributed by atoms with van der Waals surface area (Å²) in [6.45, 7) is 68.9. The number of hydrogen-bond acceptors (Lipinski definition) is 8. The minimum Gasteiger partial charge on any atom is -0.459 e. The van der Waals surface area contributed by atoms with E-state index in [1.54, 1.807) is 0 Å². The molecule has 0 N–H and O–H groups in total. The molecule has 4 unspecified atom stereocenters. The van der Waals surface area contributed by atoms with Crippen molar-refractivity contribution >= 4 is 5.97 Å². The quantitative estimate of drug-likeness (QED) is 0.223. The number of hydrogen-bond donors (Lipinski definition) is 0.